The first-order valence-electron chi connectivity index (χ1n) is 7.60. The summed E-state index contributed by atoms with van der Waals surface area (Å²) in [5.74, 6) is -0.571. The highest BCUT2D eigenvalue weighted by Crippen LogP contribution is 2.19. The van der Waals surface area contributed by atoms with E-state index in [1.54, 1.807) is 17.3 Å². The van der Waals surface area contributed by atoms with Crippen LogP contribution in [0.5, 0.6) is 0 Å². The third kappa shape index (κ3) is 3.79. The Kier molecular flexibility index (Phi) is 4.89. The second-order valence-electron chi connectivity index (χ2n) is 5.76. The number of rotatable bonds is 5. The van der Waals surface area contributed by atoms with Crippen molar-refractivity contribution in [1.29, 1.82) is 0 Å². The van der Waals surface area contributed by atoms with E-state index in [0.29, 0.717) is 31.8 Å². The van der Waals surface area contributed by atoms with Gasteiger partial charge in [-0.05, 0) is 27.9 Å². The zero-order valence-electron chi connectivity index (χ0n) is 12.9. The SMILES string of the molecule is O=C(O)C1CN(C(=O)CCc2ccc(-c3ncc(Br)cn3)cc2)C1. The molecule has 3 rings (SSSR count). The van der Waals surface area contributed by atoms with Gasteiger partial charge in [-0.1, -0.05) is 24.3 Å². The summed E-state index contributed by atoms with van der Waals surface area (Å²) in [6.07, 6.45) is 4.42. The van der Waals surface area contributed by atoms with Crippen LogP contribution in [0.3, 0.4) is 0 Å². The first-order chi connectivity index (χ1) is 11.5. The van der Waals surface area contributed by atoms with Crippen LogP contribution in [0.2, 0.25) is 0 Å². The molecular weight excluding hydrogens is 374 g/mol. The number of aliphatic carboxylic acids is 1. The summed E-state index contributed by atoms with van der Waals surface area (Å²) >= 11 is 3.30. The van der Waals surface area contributed by atoms with Crippen molar-refractivity contribution in [2.45, 2.75) is 12.8 Å². The van der Waals surface area contributed by atoms with Crippen molar-refractivity contribution in [3.8, 4) is 11.4 Å². The van der Waals surface area contributed by atoms with Crippen molar-refractivity contribution in [3.63, 3.8) is 0 Å². The Morgan fingerprint density at radius 1 is 1.17 bits per heavy atom. The lowest BCUT2D eigenvalue weighted by atomic mass is 9.99. The van der Waals surface area contributed by atoms with Gasteiger partial charge in [-0.25, -0.2) is 9.97 Å². The smallest absolute Gasteiger partial charge is 0.310 e. The lowest BCUT2D eigenvalue weighted by Gasteiger charge is -2.36. The molecule has 0 radical (unpaired) electrons. The van der Waals surface area contributed by atoms with E-state index < -0.39 is 11.9 Å². The molecule has 2 heterocycles. The van der Waals surface area contributed by atoms with Gasteiger partial charge >= 0.3 is 5.97 Å². The lowest BCUT2D eigenvalue weighted by molar-refractivity contribution is -0.152. The van der Waals surface area contributed by atoms with Gasteiger partial charge in [0.1, 0.15) is 0 Å². The Hall–Kier alpha value is -2.28. The maximum Gasteiger partial charge on any atom is 0.310 e. The highest BCUT2D eigenvalue weighted by molar-refractivity contribution is 9.10. The minimum Gasteiger partial charge on any atom is -0.481 e. The van der Waals surface area contributed by atoms with Crippen LogP contribution in [0.4, 0.5) is 0 Å². The number of aryl methyl sites for hydroxylation is 1. The fourth-order valence-corrected chi connectivity index (χ4v) is 2.73. The van der Waals surface area contributed by atoms with Gasteiger partial charge in [0, 0.05) is 37.5 Å². The lowest BCUT2D eigenvalue weighted by Crippen LogP contribution is -2.53. The highest BCUT2D eigenvalue weighted by atomic mass is 79.9. The number of carbonyl (C=O) groups is 2. The number of carboxylic acids is 1. The van der Waals surface area contributed by atoms with Gasteiger partial charge in [0.25, 0.3) is 0 Å². The summed E-state index contributed by atoms with van der Waals surface area (Å²) in [7, 11) is 0. The molecule has 1 aromatic carbocycles. The molecule has 0 spiro atoms. The van der Waals surface area contributed by atoms with E-state index in [9.17, 15) is 9.59 Å². The molecule has 1 amide bonds. The van der Waals surface area contributed by atoms with Crippen molar-refractivity contribution in [2.75, 3.05) is 13.1 Å². The van der Waals surface area contributed by atoms with Gasteiger partial charge in [0.2, 0.25) is 5.91 Å². The van der Waals surface area contributed by atoms with E-state index in [4.69, 9.17) is 5.11 Å². The predicted octanol–water partition coefficient (Wildman–Crippen LogP) is 2.38. The first-order valence-corrected chi connectivity index (χ1v) is 8.39. The van der Waals surface area contributed by atoms with E-state index in [-0.39, 0.29) is 5.91 Å². The average molecular weight is 390 g/mol. The van der Waals surface area contributed by atoms with Crippen LogP contribution >= 0.6 is 15.9 Å². The van der Waals surface area contributed by atoms with Crippen LogP contribution in [-0.4, -0.2) is 44.9 Å². The van der Waals surface area contributed by atoms with Crippen LogP contribution in [0, 0.1) is 5.92 Å². The summed E-state index contributed by atoms with van der Waals surface area (Å²) in [5.41, 5.74) is 1.98. The molecule has 124 valence electrons. The minimum absolute atomic E-state index is 0.00724. The van der Waals surface area contributed by atoms with Crippen LogP contribution in [0.1, 0.15) is 12.0 Å². The quantitative estimate of drug-likeness (QED) is 0.848. The molecule has 1 aliphatic rings. The highest BCUT2D eigenvalue weighted by Gasteiger charge is 2.35. The van der Waals surface area contributed by atoms with Gasteiger partial charge < -0.3 is 10.0 Å². The minimum atomic E-state index is -0.829. The summed E-state index contributed by atoms with van der Waals surface area (Å²) < 4.78 is 0.831. The predicted molar refractivity (Wildman–Crippen MR) is 91.2 cm³/mol. The molecular formula is C17H16BrN3O3. The number of benzene rings is 1. The van der Waals surface area contributed by atoms with Crippen molar-refractivity contribution >= 4 is 27.8 Å². The Morgan fingerprint density at radius 2 is 1.79 bits per heavy atom. The maximum atomic E-state index is 12.0. The second-order valence-corrected chi connectivity index (χ2v) is 6.67. The molecule has 1 N–H and O–H groups in total. The number of amides is 1. The maximum absolute atomic E-state index is 12.0. The number of aromatic nitrogens is 2. The number of halogens is 1. The summed E-state index contributed by atoms with van der Waals surface area (Å²) in [6.45, 7) is 0.655. The van der Waals surface area contributed by atoms with Gasteiger partial charge in [-0.3, -0.25) is 9.59 Å². The van der Waals surface area contributed by atoms with Crippen molar-refractivity contribution < 1.29 is 14.7 Å². The zero-order chi connectivity index (χ0) is 17.1. The van der Waals surface area contributed by atoms with E-state index >= 15 is 0 Å². The molecule has 0 atom stereocenters. The number of hydrogen-bond donors (Lipinski definition) is 1. The monoisotopic (exact) mass is 389 g/mol. The molecule has 1 aliphatic heterocycles. The largest absolute Gasteiger partial charge is 0.481 e. The fourth-order valence-electron chi connectivity index (χ4n) is 2.53. The topological polar surface area (TPSA) is 83.4 Å². The van der Waals surface area contributed by atoms with Crippen molar-refractivity contribution in [3.05, 3.63) is 46.7 Å². The van der Waals surface area contributed by atoms with Crippen molar-refractivity contribution in [1.82, 2.24) is 14.9 Å². The molecule has 0 bridgehead atoms. The van der Waals surface area contributed by atoms with Gasteiger partial charge in [0.05, 0.1) is 10.4 Å². The van der Waals surface area contributed by atoms with Gasteiger partial charge in [0.15, 0.2) is 5.82 Å². The number of carbonyl (C=O) groups excluding carboxylic acids is 1. The molecule has 2 aromatic rings. The van der Waals surface area contributed by atoms with E-state index in [0.717, 1.165) is 15.6 Å². The molecule has 7 heteroatoms. The summed E-state index contributed by atoms with van der Waals surface area (Å²) in [5, 5.41) is 8.83. The molecule has 24 heavy (non-hydrogen) atoms. The van der Waals surface area contributed by atoms with Crippen LogP contribution in [0.25, 0.3) is 11.4 Å². The van der Waals surface area contributed by atoms with Gasteiger partial charge in [-0.2, -0.15) is 0 Å². The summed E-state index contributed by atoms with van der Waals surface area (Å²) in [6, 6.07) is 7.80. The first kappa shape index (κ1) is 16.6. The van der Waals surface area contributed by atoms with Crippen LogP contribution in [-0.2, 0) is 16.0 Å². The number of hydrogen-bond acceptors (Lipinski definition) is 4. The molecule has 6 nitrogen and oxygen atoms in total. The van der Waals surface area contributed by atoms with Crippen molar-refractivity contribution in [2.24, 2.45) is 5.92 Å². The van der Waals surface area contributed by atoms with E-state index in [1.165, 1.54) is 0 Å². The van der Waals surface area contributed by atoms with E-state index in [2.05, 4.69) is 25.9 Å². The number of likely N-dealkylation sites (tertiary alicyclic amines) is 1. The van der Waals surface area contributed by atoms with Crippen LogP contribution in [0.15, 0.2) is 41.1 Å². The Bertz CT molecular complexity index is 741. The Morgan fingerprint density at radius 3 is 2.38 bits per heavy atom. The van der Waals surface area contributed by atoms with Gasteiger partial charge in [-0.15, -0.1) is 0 Å². The van der Waals surface area contributed by atoms with E-state index in [1.807, 2.05) is 24.3 Å². The summed E-state index contributed by atoms with van der Waals surface area (Å²) in [4.78, 5) is 32.8. The fraction of sp³-hybridized carbons (Fsp3) is 0.294. The number of carboxylic acid groups (broad SMARTS) is 1. The zero-order valence-corrected chi connectivity index (χ0v) is 14.4. The standard InChI is InChI=1S/C17H16BrN3O3/c18-14-7-19-16(20-8-14)12-4-1-11(2-5-12)3-6-15(22)21-9-13(10-21)17(23)24/h1-2,4-5,7-8,13H,3,6,9-10H2,(H,23,24). The normalized spacial score (nSPS) is 14.3. The van der Waals surface area contributed by atoms with Crippen LogP contribution < -0.4 is 0 Å². The molecule has 0 unspecified atom stereocenters. The average Bonchev–Trinajstić information content (AvgIpc) is 2.52. The number of nitrogens with zero attached hydrogens (tertiary/aromatic N) is 3. The Balaban J connectivity index is 1.52. The molecule has 0 saturated carbocycles. The third-order valence-corrected chi connectivity index (χ3v) is 4.45. The molecule has 1 fully saturated rings. The molecule has 1 saturated heterocycles. The second kappa shape index (κ2) is 7.09. The Labute approximate surface area is 147 Å². The molecule has 1 aromatic heterocycles. The molecule has 0 aliphatic carbocycles. The third-order valence-electron chi connectivity index (χ3n) is 4.04.